The zero-order chi connectivity index (χ0) is 17.7. The van der Waals surface area contributed by atoms with E-state index < -0.39 is 8.32 Å². The van der Waals surface area contributed by atoms with Crippen LogP contribution < -0.4 is 5.32 Å². The topological polar surface area (TPSA) is 21.3 Å². The van der Waals surface area contributed by atoms with E-state index in [9.17, 15) is 4.39 Å². The summed E-state index contributed by atoms with van der Waals surface area (Å²) < 4.78 is 19.6. The van der Waals surface area contributed by atoms with Gasteiger partial charge in [0.25, 0.3) is 0 Å². The first-order valence-corrected chi connectivity index (χ1v) is 11.4. The van der Waals surface area contributed by atoms with Gasteiger partial charge >= 0.3 is 0 Å². The van der Waals surface area contributed by atoms with Crippen LogP contribution in [-0.4, -0.2) is 8.32 Å². The van der Waals surface area contributed by atoms with Crippen LogP contribution >= 0.6 is 11.6 Å². The highest BCUT2D eigenvalue weighted by Crippen LogP contribution is 2.28. The molecule has 0 radical (unpaired) electrons. The zero-order valence-corrected chi connectivity index (χ0v) is 15.8. The van der Waals surface area contributed by atoms with Crippen molar-refractivity contribution in [2.24, 2.45) is 0 Å². The predicted molar refractivity (Wildman–Crippen MR) is 102 cm³/mol. The van der Waals surface area contributed by atoms with Gasteiger partial charge in [-0.1, -0.05) is 30.3 Å². The first-order valence-electron chi connectivity index (χ1n) is 7.62. The first kappa shape index (κ1) is 18.3. The molecule has 0 spiro atoms. The summed E-state index contributed by atoms with van der Waals surface area (Å²) in [6, 6.07) is 4.27. The molecule has 2 nitrogen and oxygen atoms in total. The van der Waals surface area contributed by atoms with Gasteiger partial charge in [0.2, 0.25) is 8.32 Å². The van der Waals surface area contributed by atoms with Crippen molar-refractivity contribution in [1.29, 1.82) is 0 Å². The van der Waals surface area contributed by atoms with Crippen LogP contribution in [0.2, 0.25) is 24.7 Å². The Morgan fingerprint density at radius 1 is 1.25 bits per heavy atom. The summed E-state index contributed by atoms with van der Waals surface area (Å²) in [6.45, 7) is 10.3. The fourth-order valence-corrected chi connectivity index (χ4v) is 3.16. The lowest BCUT2D eigenvalue weighted by molar-refractivity contribution is 0.437. The fraction of sp³-hybridized carbons (Fsp3) is 0.158. The lowest BCUT2D eigenvalue weighted by atomic mass is 10.1. The number of benzene rings is 1. The highest BCUT2D eigenvalue weighted by Gasteiger charge is 2.20. The van der Waals surface area contributed by atoms with Crippen molar-refractivity contribution in [2.75, 3.05) is 0 Å². The van der Waals surface area contributed by atoms with E-state index in [2.05, 4.69) is 31.5 Å². The molecule has 0 atom stereocenters. The molecule has 0 aromatic heterocycles. The summed E-state index contributed by atoms with van der Waals surface area (Å²) in [5, 5.41) is 3.66. The number of nitrogens with one attached hydrogen (secondary N) is 1. The maximum Gasteiger partial charge on any atom is 0.242 e. The number of halogens is 2. The Kier molecular flexibility index (Phi) is 5.86. The Bertz CT molecular complexity index is 757. The smallest absolute Gasteiger partial charge is 0.242 e. The molecule has 0 saturated carbocycles. The van der Waals surface area contributed by atoms with Gasteiger partial charge in [-0.05, 0) is 61.6 Å². The average Bonchev–Trinajstić information content (AvgIpc) is 2.75. The van der Waals surface area contributed by atoms with Gasteiger partial charge in [0.15, 0.2) is 0 Å². The molecule has 24 heavy (non-hydrogen) atoms. The average molecular weight is 362 g/mol. The number of hydrogen-bond acceptors (Lipinski definition) is 2. The van der Waals surface area contributed by atoms with Crippen molar-refractivity contribution in [3.8, 4) is 0 Å². The van der Waals surface area contributed by atoms with Crippen LogP contribution in [0.25, 0.3) is 6.08 Å². The molecular formula is C19H21ClFNOSi. The van der Waals surface area contributed by atoms with E-state index in [1.54, 1.807) is 6.08 Å². The van der Waals surface area contributed by atoms with E-state index >= 15 is 0 Å². The molecule has 0 saturated heterocycles. The van der Waals surface area contributed by atoms with E-state index in [0.29, 0.717) is 16.3 Å². The van der Waals surface area contributed by atoms with Crippen LogP contribution in [0.1, 0.15) is 5.56 Å². The van der Waals surface area contributed by atoms with E-state index in [1.807, 2.05) is 30.5 Å². The van der Waals surface area contributed by atoms with E-state index in [0.717, 1.165) is 11.3 Å². The minimum absolute atomic E-state index is 0.343. The van der Waals surface area contributed by atoms with Gasteiger partial charge in [-0.2, -0.15) is 0 Å². The van der Waals surface area contributed by atoms with E-state index in [-0.39, 0.29) is 5.82 Å². The summed E-state index contributed by atoms with van der Waals surface area (Å²) in [7, 11) is -1.84. The fourth-order valence-electron chi connectivity index (χ4n) is 2.14. The lowest BCUT2D eigenvalue weighted by Gasteiger charge is -2.24. The summed E-state index contributed by atoms with van der Waals surface area (Å²) in [6.07, 6.45) is 11.2. The van der Waals surface area contributed by atoms with Crippen LogP contribution in [0.4, 0.5) is 4.39 Å². The van der Waals surface area contributed by atoms with Crippen molar-refractivity contribution < 1.29 is 8.82 Å². The minimum atomic E-state index is -1.84. The Balaban J connectivity index is 2.49. The molecule has 0 amide bonds. The minimum Gasteiger partial charge on any atom is -0.544 e. The molecule has 0 fully saturated rings. The van der Waals surface area contributed by atoms with Gasteiger partial charge in [-0.25, -0.2) is 4.39 Å². The molecule has 1 aromatic rings. The molecular weight excluding hydrogens is 341 g/mol. The highest BCUT2D eigenvalue weighted by atomic mass is 35.5. The van der Waals surface area contributed by atoms with Crippen molar-refractivity contribution in [3.63, 3.8) is 0 Å². The number of rotatable bonds is 5. The predicted octanol–water partition coefficient (Wildman–Crippen LogP) is 5.78. The maximum absolute atomic E-state index is 13.6. The highest BCUT2D eigenvalue weighted by molar-refractivity contribution is 6.70. The third-order valence-electron chi connectivity index (χ3n) is 3.10. The molecule has 126 valence electrons. The van der Waals surface area contributed by atoms with Crippen molar-refractivity contribution in [2.45, 2.75) is 19.6 Å². The molecule has 1 aromatic carbocycles. The Labute approximate surface area is 148 Å². The lowest BCUT2D eigenvalue weighted by Crippen LogP contribution is -2.26. The van der Waals surface area contributed by atoms with Crippen LogP contribution in [0.3, 0.4) is 0 Å². The second-order valence-corrected chi connectivity index (χ2v) is 11.2. The monoisotopic (exact) mass is 361 g/mol. The third kappa shape index (κ3) is 5.25. The van der Waals surface area contributed by atoms with Crippen LogP contribution in [-0.2, 0) is 4.43 Å². The van der Waals surface area contributed by atoms with E-state index in [4.69, 9.17) is 16.0 Å². The van der Waals surface area contributed by atoms with Gasteiger partial charge < -0.3 is 9.74 Å². The normalized spacial score (nSPS) is 14.7. The third-order valence-corrected chi connectivity index (χ3v) is 4.30. The molecule has 2 rings (SSSR count). The van der Waals surface area contributed by atoms with Gasteiger partial charge in [0.1, 0.15) is 11.6 Å². The van der Waals surface area contributed by atoms with Gasteiger partial charge in [0, 0.05) is 22.5 Å². The molecule has 1 heterocycles. The van der Waals surface area contributed by atoms with Gasteiger partial charge in [-0.3, -0.25) is 0 Å². The maximum atomic E-state index is 13.6. The molecule has 0 unspecified atom stereocenters. The van der Waals surface area contributed by atoms with Crippen molar-refractivity contribution in [1.82, 2.24) is 5.32 Å². The first-order chi connectivity index (χ1) is 11.3. The molecule has 1 aliphatic heterocycles. The van der Waals surface area contributed by atoms with Crippen molar-refractivity contribution >= 4 is 26.0 Å². The Hall–Kier alpha value is -2.04. The second-order valence-electron chi connectivity index (χ2n) is 6.33. The number of allylic oxidation sites excluding steroid dienone is 4. The number of hydrogen-bond donors (Lipinski definition) is 1. The van der Waals surface area contributed by atoms with Crippen LogP contribution in [0.5, 0.6) is 0 Å². The van der Waals surface area contributed by atoms with E-state index in [1.165, 1.54) is 18.2 Å². The summed E-state index contributed by atoms with van der Waals surface area (Å²) in [4.78, 5) is 0. The van der Waals surface area contributed by atoms with Gasteiger partial charge in [-0.15, -0.1) is 0 Å². The van der Waals surface area contributed by atoms with Crippen LogP contribution in [0, 0.1) is 5.82 Å². The quantitative estimate of drug-likeness (QED) is 0.407. The Morgan fingerprint density at radius 3 is 2.71 bits per heavy atom. The second kappa shape index (κ2) is 7.68. The standard InChI is InChI=1S/C19H21ClFNOSi/c1-14(23-24(2,3)4)17(19-8-6-5-7-11-22-19)13-15-12-16(21)9-10-18(15)20/h5-13,22H,1H2,2-4H3. The largest absolute Gasteiger partial charge is 0.544 e. The molecule has 5 heteroatoms. The summed E-state index contributed by atoms with van der Waals surface area (Å²) in [5.74, 6) is 0.196. The Morgan fingerprint density at radius 2 is 2.00 bits per heavy atom. The SMILES string of the molecule is C=C(O[Si](C)(C)C)C(=Cc1cc(F)ccc1Cl)C1=CC=CC=CN1. The van der Waals surface area contributed by atoms with Gasteiger partial charge in [0.05, 0.1) is 0 Å². The zero-order valence-electron chi connectivity index (χ0n) is 14.1. The van der Waals surface area contributed by atoms with Crippen LogP contribution in [0.15, 0.2) is 72.3 Å². The molecule has 1 aliphatic rings. The molecule has 1 N–H and O–H groups in total. The summed E-state index contributed by atoms with van der Waals surface area (Å²) >= 11 is 6.21. The molecule has 0 aliphatic carbocycles. The van der Waals surface area contributed by atoms with Crippen molar-refractivity contribution in [3.05, 3.63) is 88.7 Å². The summed E-state index contributed by atoms with van der Waals surface area (Å²) in [5.41, 5.74) is 2.12. The molecule has 0 bridgehead atoms.